The monoisotopic (exact) mass is 328 g/mol. The Hall–Kier alpha value is -0.170. The molecule has 2 saturated heterocycles. The number of thioether (sulfide) groups is 1. The zero-order chi connectivity index (χ0) is 14.9. The van der Waals surface area contributed by atoms with Crippen molar-refractivity contribution in [3.05, 3.63) is 10.6 Å². The van der Waals surface area contributed by atoms with E-state index in [0.717, 1.165) is 42.9 Å². The number of rotatable bonds is 3. The third-order valence-corrected chi connectivity index (χ3v) is 6.53. The number of hydrogen-bond acceptors (Lipinski definition) is 6. The minimum Gasteiger partial charge on any atom is -0.387 e. The Labute approximate surface area is 134 Å². The van der Waals surface area contributed by atoms with Gasteiger partial charge in [0.05, 0.1) is 22.3 Å². The second-order valence-corrected chi connectivity index (χ2v) is 8.53. The normalized spacial score (nSPS) is 27.1. The molecule has 1 aromatic rings. The van der Waals surface area contributed by atoms with E-state index in [1.54, 1.807) is 0 Å². The van der Waals surface area contributed by atoms with Gasteiger partial charge in [-0.3, -0.25) is 0 Å². The van der Waals surface area contributed by atoms with Crippen molar-refractivity contribution in [1.29, 1.82) is 0 Å². The number of aromatic nitrogens is 2. The van der Waals surface area contributed by atoms with Crippen molar-refractivity contribution in [1.82, 2.24) is 9.59 Å². The van der Waals surface area contributed by atoms with Crippen molar-refractivity contribution < 1.29 is 9.84 Å². The smallest absolute Gasteiger partial charge is 0.0947 e. The van der Waals surface area contributed by atoms with Gasteiger partial charge in [0.15, 0.2) is 0 Å². The largest absolute Gasteiger partial charge is 0.387 e. The molecule has 2 unspecified atom stereocenters. The molecule has 0 amide bonds. The van der Waals surface area contributed by atoms with E-state index in [0.29, 0.717) is 5.92 Å². The molecule has 21 heavy (non-hydrogen) atoms. The van der Waals surface area contributed by atoms with Crippen LogP contribution in [-0.2, 0) is 4.74 Å². The van der Waals surface area contributed by atoms with Crippen molar-refractivity contribution in [2.45, 2.75) is 57.2 Å². The van der Waals surface area contributed by atoms with E-state index in [1.165, 1.54) is 23.0 Å². The molecule has 0 saturated carbocycles. The van der Waals surface area contributed by atoms with Crippen molar-refractivity contribution >= 4 is 23.3 Å². The molecule has 1 aromatic heterocycles. The minimum absolute atomic E-state index is 0.0191. The molecule has 0 radical (unpaired) electrons. The molecule has 1 spiro atoms. The van der Waals surface area contributed by atoms with E-state index in [-0.39, 0.29) is 11.5 Å². The van der Waals surface area contributed by atoms with Crippen LogP contribution in [0.15, 0.2) is 0 Å². The molecule has 2 atom stereocenters. The molecule has 2 aliphatic rings. The maximum Gasteiger partial charge on any atom is 0.0947 e. The first-order valence-electron chi connectivity index (χ1n) is 7.83. The lowest BCUT2D eigenvalue weighted by Gasteiger charge is -2.44. The van der Waals surface area contributed by atoms with E-state index < -0.39 is 6.10 Å². The van der Waals surface area contributed by atoms with Gasteiger partial charge >= 0.3 is 0 Å². The highest BCUT2D eigenvalue weighted by Crippen LogP contribution is 2.44. The summed E-state index contributed by atoms with van der Waals surface area (Å²) in [5.41, 5.74) is 0.984. The standard InChI is InChI=1S/C15H24N2O2S2/c1-10(2)12-14(21-17-16-12)13(18)11-3-6-19-15(9-11)4-7-20-8-5-15/h10-11,13,18H,3-9H2,1-2H3. The molecule has 3 heterocycles. The zero-order valence-corrected chi connectivity index (χ0v) is 14.4. The topological polar surface area (TPSA) is 55.2 Å². The van der Waals surface area contributed by atoms with Gasteiger partial charge < -0.3 is 9.84 Å². The fourth-order valence-electron chi connectivity index (χ4n) is 3.45. The molecular weight excluding hydrogens is 304 g/mol. The number of aliphatic hydroxyl groups is 1. The summed E-state index contributed by atoms with van der Waals surface area (Å²) < 4.78 is 10.2. The van der Waals surface area contributed by atoms with Crippen LogP contribution in [0, 0.1) is 5.92 Å². The van der Waals surface area contributed by atoms with Gasteiger partial charge in [-0.15, -0.1) is 5.10 Å². The maximum atomic E-state index is 10.8. The quantitative estimate of drug-likeness (QED) is 0.922. The third-order valence-electron chi connectivity index (χ3n) is 4.74. The van der Waals surface area contributed by atoms with E-state index in [9.17, 15) is 5.11 Å². The van der Waals surface area contributed by atoms with Crippen LogP contribution in [0.2, 0.25) is 0 Å². The fraction of sp³-hybridized carbons (Fsp3) is 0.867. The van der Waals surface area contributed by atoms with Gasteiger partial charge in [-0.05, 0) is 60.6 Å². The first-order chi connectivity index (χ1) is 10.1. The number of aliphatic hydroxyl groups excluding tert-OH is 1. The lowest BCUT2D eigenvalue weighted by molar-refractivity contribution is -0.121. The van der Waals surface area contributed by atoms with Crippen LogP contribution in [-0.4, -0.2) is 38.4 Å². The SMILES string of the molecule is CC(C)c1nnsc1C(O)C1CCOC2(CCSCC2)C1. The average Bonchev–Trinajstić information content (AvgIpc) is 2.97. The maximum absolute atomic E-state index is 10.8. The summed E-state index contributed by atoms with van der Waals surface area (Å²) in [6.07, 6.45) is 3.73. The molecule has 1 N–H and O–H groups in total. The van der Waals surface area contributed by atoms with Gasteiger partial charge in [-0.25, -0.2) is 0 Å². The van der Waals surface area contributed by atoms with Gasteiger partial charge in [-0.1, -0.05) is 18.3 Å². The lowest BCUT2D eigenvalue weighted by atomic mass is 9.79. The van der Waals surface area contributed by atoms with Crippen LogP contribution >= 0.6 is 23.3 Å². The van der Waals surface area contributed by atoms with Crippen LogP contribution < -0.4 is 0 Å². The Kier molecular flexibility index (Phi) is 4.88. The fourth-order valence-corrected chi connectivity index (χ4v) is 5.58. The van der Waals surface area contributed by atoms with Crippen LogP contribution in [0.5, 0.6) is 0 Å². The van der Waals surface area contributed by atoms with Gasteiger partial charge in [0.25, 0.3) is 0 Å². The van der Waals surface area contributed by atoms with Crippen molar-refractivity contribution in [2.75, 3.05) is 18.1 Å². The molecule has 0 bridgehead atoms. The van der Waals surface area contributed by atoms with Gasteiger partial charge in [0.1, 0.15) is 0 Å². The van der Waals surface area contributed by atoms with Gasteiger partial charge in [0.2, 0.25) is 0 Å². The molecule has 2 aliphatic heterocycles. The van der Waals surface area contributed by atoms with E-state index in [4.69, 9.17) is 4.74 Å². The Balaban J connectivity index is 1.74. The highest BCUT2D eigenvalue weighted by Gasteiger charge is 2.41. The van der Waals surface area contributed by atoms with Crippen LogP contribution in [0.1, 0.15) is 62.1 Å². The molecule has 0 aromatic carbocycles. The molecule has 3 rings (SSSR count). The summed E-state index contributed by atoms with van der Waals surface area (Å²) in [4.78, 5) is 0.970. The predicted molar refractivity (Wildman–Crippen MR) is 86.9 cm³/mol. The molecule has 4 nitrogen and oxygen atoms in total. The molecular formula is C15H24N2O2S2. The van der Waals surface area contributed by atoms with Gasteiger partial charge in [0, 0.05) is 6.61 Å². The molecule has 6 heteroatoms. The van der Waals surface area contributed by atoms with Crippen molar-refractivity contribution in [3.8, 4) is 0 Å². The molecule has 2 fully saturated rings. The summed E-state index contributed by atoms with van der Waals surface area (Å²) in [5, 5.41) is 15.1. The Morgan fingerprint density at radius 1 is 1.33 bits per heavy atom. The lowest BCUT2D eigenvalue weighted by Crippen LogP contribution is -2.44. The number of nitrogens with zero attached hydrogens (tertiary/aromatic N) is 2. The predicted octanol–water partition coefficient (Wildman–Crippen LogP) is 3.39. The molecule has 118 valence electrons. The van der Waals surface area contributed by atoms with Crippen LogP contribution in [0.25, 0.3) is 0 Å². The summed E-state index contributed by atoms with van der Waals surface area (Å²) in [5.74, 6) is 2.96. The first-order valence-corrected chi connectivity index (χ1v) is 9.76. The van der Waals surface area contributed by atoms with E-state index in [1.807, 2.05) is 11.8 Å². The summed E-state index contributed by atoms with van der Waals surface area (Å²) in [7, 11) is 0. The molecule has 0 aliphatic carbocycles. The summed E-state index contributed by atoms with van der Waals surface area (Å²) in [6, 6.07) is 0. The second-order valence-electron chi connectivity index (χ2n) is 6.52. The third kappa shape index (κ3) is 3.28. The van der Waals surface area contributed by atoms with E-state index in [2.05, 4.69) is 23.4 Å². The first kappa shape index (κ1) is 15.7. The van der Waals surface area contributed by atoms with Crippen LogP contribution in [0.4, 0.5) is 0 Å². The van der Waals surface area contributed by atoms with Crippen LogP contribution in [0.3, 0.4) is 0 Å². The average molecular weight is 329 g/mol. The van der Waals surface area contributed by atoms with Crippen molar-refractivity contribution in [3.63, 3.8) is 0 Å². The van der Waals surface area contributed by atoms with Gasteiger partial charge in [-0.2, -0.15) is 11.8 Å². The number of ether oxygens (including phenoxy) is 1. The van der Waals surface area contributed by atoms with Crippen molar-refractivity contribution in [2.24, 2.45) is 5.92 Å². The highest BCUT2D eigenvalue weighted by molar-refractivity contribution is 7.99. The highest BCUT2D eigenvalue weighted by atomic mass is 32.2. The van der Waals surface area contributed by atoms with E-state index >= 15 is 0 Å². The summed E-state index contributed by atoms with van der Waals surface area (Å²) in [6.45, 7) is 4.99. The Morgan fingerprint density at radius 2 is 2.10 bits per heavy atom. The second kappa shape index (κ2) is 6.52. The Bertz CT molecular complexity index is 466. The summed E-state index contributed by atoms with van der Waals surface area (Å²) >= 11 is 3.37. The minimum atomic E-state index is -0.433. The number of hydrogen-bond donors (Lipinski definition) is 1. The Morgan fingerprint density at radius 3 is 2.81 bits per heavy atom. The zero-order valence-electron chi connectivity index (χ0n) is 12.7.